The monoisotopic (exact) mass is 404 g/mol. The van der Waals surface area contributed by atoms with Gasteiger partial charge < -0.3 is 19.5 Å². The second-order valence-electron chi connectivity index (χ2n) is 6.90. The maximum absolute atomic E-state index is 13.1. The molecule has 1 N–H and O–H groups in total. The van der Waals surface area contributed by atoms with Gasteiger partial charge in [-0.15, -0.1) is 0 Å². The van der Waals surface area contributed by atoms with Gasteiger partial charge in [-0.1, -0.05) is 23.7 Å². The van der Waals surface area contributed by atoms with Crippen LogP contribution in [0.2, 0.25) is 5.02 Å². The van der Waals surface area contributed by atoms with E-state index in [1.54, 1.807) is 37.4 Å². The largest absolute Gasteiger partial charge is 0.507 e. The number of methoxy groups -OCH3 is 2. The van der Waals surface area contributed by atoms with Crippen molar-refractivity contribution in [1.29, 1.82) is 0 Å². The van der Waals surface area contributed by atoms with Gasteiger partial charge in [0.1, 0.15) is 22.8 Å². The molecule has 1 saturated heterocycles. The first-order valence-corrected chi connectivity index (χ1v) is 9.50. The van der Waals surface area contributed by atoms with Crippen LogP contribution in [-0.2, 0) is 6.54 Å². The maximum Gasteiger partial charge on any atom is 0.200 e. The molecule has 3 rings (SSSR count). The lowest BCUT2D eigenvalue weighted by Gasteiger charge is -2.33. The molecule has 150 valence electrons. The van der Waals surface area contributed by atoms with Crippen LogP contribution in [0, 0.1) is 0 Å². The van der Waals surface area contributed by atoms with Crippen molar-refractivity contribution in [2.75, 3.05) is 47.4 Å². The molecule has 0 amide bonds. The lowest BCUT2D eigenvalue weighted by molar-refractivity contribution is 0.103. The summed E-state index contributed by atoms with van der Waals surface area (Å²) in [5.41, 5.74) is 1.09. The Morgan fingerprint density at radius 3 is 2.39 bits per heavy atom. The highest BCUT2D eigenvalue weighted by Gasteiger charge is 2.27. The van der Waals surface area contributed by atoms with Crippen molar-refractivity contribution in [3.05, 3.63) is 52.0 Å². The predicted octanol–water partition coefficient (Wildman–Crippen LogP) is 3.04. The van der Waals surface area contributed by atoms with Crippen LogP contribution in [0.3, 0.4) is 0 Å². The average molecular weight is 405 g/mol. The van der Waals surface area contributed by atoms with Crippen LogP contribution < -0.4 is 9.47 Å². The number of benzene rings is 2. The second-order valence-corrected chi connectivity index (χ2v) is 7.34. The topological polar surface area (TPSA) is 62.2 Å². The molecule has 28 heavy (non-hydrogen) atoms. The molecule has 1 aliphatic rings. The zero-order valence-corrected chi connectivity index (χ0v) is 17.1. The van der Waals surface area contributed by atoms with Crippen LogP contribution in [0.15, 0.2) is 30.3 Å². The Labute approximate surface area is 170 Å². The molecule has 0 atom stereocenters. The molecule has 7 heteroatoms. The molecule has 0 spiro atoms. The molecule has 0 radical (unpaired) electrons. The molecule has 0 aliphatic carbocycles. The van der Waals surface area contributed by atoms with Gasteiger partial charge in [0, 0.05) is 49.4 Å². The fourth-order valence-corrected chi connectivity index (χ4v) is 3.57. The Morgan fingerprint density at radius 1 is 1.11 bits per heavy atom. The number of likely N-dealkylation sites (N-methyl/N-ethyl adjacent to an activating group) is 1. The minimum atomic E-state index is -0.348. The minimum Gasteiger partial charge on any atom is -0.507 e. The summed E-state index contributed by atoms with van der Waals surface area (Å²) in [5, 5.41) is 11.5. The highest BCUT2D eigenvalue weighted by molar-refractivity contribution is 6.31. The van der Waals surface area contributed by atoms with E-state index in [2.05, 4.69) is 16.8 Å². The van der Waals surface area contributed by atoms with Crippen LogP contribution in [0.1, 0.15) is 21.5 Å². The molecule has 1 aliphatic heterocycles. The molecular weight excluding hydrogens is 380 g/mol. The smallest absolute Gasteiger partial charge is 0.200 e. The van der Waals surface area contributed by atoms with Crippen molar-refractivity contribution in [1.82, 2.24) is 9.80 Å². The zero-order chi connectivity index (χ0) is 20.3. The van der Waals surface area contributed by atoms with Crippen LogP contribution in [-0.4, -0.2) is 68.1 Å². The predicted molar refractivity (Wildman–Crippen MR) is 109 cm³/mol. The van der Waals surface area contributed by atoms with Crippen LogP contribution in [0.5, 0.6) is 17.2 Å². The van der Waals surface area contributed by atoms with Gasteiger partial charge in [-0.3, -0.25) is 9.69 Å². The maximum atomic E-state index is 13.1. The summed E-state index contributed by atoms with van der Waals surface area (Å²) in [7, 11) is 5.09. The number of phenolic OH excluding ortho intramolecular Hbond substituents is 1. The summed E-state index contributed by atoms with van der Waals surface area (Å²) in [6.45, 7) is 4.15. The first-order valence-electron chi connectivity index (χ1n) is 9.12. The summed E-state index contributed by atoms with van der Waals surface area (Å²) in [6, 6.07) is 8.30. The van der Waals surface area contributed by atoms with E-state index in [4.69, 9.17) is 21.1 Å². The standard InChI is InChI=1S/C21H25ClN2O4/c1-23-7-9-24(10-8-23)13-16-17(27-2)12-18(28-3)19(21(16)26)20(25)14-5-4-6-15(22)11-14/h4-6,11-12,26H,7-10,13H2,1-3H3. The Hall–Kier alpha value is -2.28. The number of ketones is 1. The number of hydrogen-bond acceptors (Lipinski definition) is 6. The summed E-state index contributed by atoms with van der Waals surface area (Å²) in [5.74, 6) is 0.302. The molecule has 1 heterocycles. The van der Waals surface area contributed by atoms with Crippen molar-refractivity contribution < 1.29 is 19.4 Å². The average Bonchev–Trinajstić information content (AvgIpc) is 2.70. The number of carbonyl (C=O) groups excluding carboxylic acids is 1. The van der Waals surface area contributed by atoms with Crippen molar-refractivity contribution in [2.45, 2.75) is 6.54 Å². The molecule has 0 unspecified atom stereocenters. The molecule has 2 aromatic rings. The van der Waals surface area contributed by atoms with Gasteiger partial charge in [-0.2, -0.15) is 0 Å². The number of carbonyl (C=O) groups is 1. The van der Waals surface area contributed by atoms with Crippen LogP contribution >= 0.6 is 11.6 Å². The van der Waals surface area contributed by atoms with Gasteiger partial charge in [-0.05, 0) is 19.2 Å². The normalized spacial score (nSPS) is 15.4. The molecule has 0 bridgehead atoms. The van der Waals surface area contributed by atoms with Gasteiger partial charge in [0.2, 0.25) is 5.78 Å². The van der Waals surface area contributed by atoms with Crippen LogP contribution in [0.4, 0.5) is 0 Å². The van der Waals surface area contributed by atoms with E-state index < -0.39 is 0 Å². The third kappa shape index (κ3) is 4.24. The zero-order valence-electron chi connectivity index (χ0n) is 16.4. The van der Waals surface area contributed by atoms with Crippen LogP contribution in [0.25, 0.3) is 0 Å². The number of aromatic hydroxyl groups is 1. The number of hydrogen-bond donors (Lipinski definition) is 1. The van der Waals surface area contributed by atoms with Gasteiger partial charge in [-0.25, -0.2) is 0 Å². The fraction of sp³-hybridized carbons (Fsp3) is 0.381. The third-order valence-corrected chi connectivity index (χ3v) is 5.30. The Bertz CT molecular complexity index is 864. The van der Waals surface area contributed by atoms with Gasteiger partial charge >= 0.3 is 0 Å². The Morgan fingerprint density at radius 2 is 1.79 bits per heavy atom. The Kier molecular flexibility index (Phi) is 6.44. The lowest BCUT2D eigenvalue weighted by atomic mass is 9.97. The minimum absolute atomic E-state index is 0.111. The van der Waals surface area contributed by atoms with Crippen molar-refractivity contribution >= 4 is 17.4 Å². The number of nitrogens with zero attached hydrogens (tertiary/aromatic N) is 2. The molecule has 2 aromatic carbocycles. The van der Waals surface area contributed by atoms with Gasteiger partial charge in [0.15, 0.2) is 0 Å². The van der Waals surface area contributed by atoms with Gasteiger partial charge in [0.25, 0.3) is 0 Å². The number of halogens is 1. The highest BCUT2D eigenvalue weighted by atomic mass is 35.5. The first-order chi connectivity index (χ1) is 13.4. The summed E-state index contributed by atoms with van der Waals surface area (Å²) < 4.78 is 10.9. The number of ether oxygens (including phenoxy) is 2. The van der Waals surface area contributed by atoms with E-state index >= 15 is 0 Å². The van der Waals surface area contributed by atoms with Crippen molar-refractivity contribution in [3.8, 4) is 17.2 Å². The third-order valence-electron chi connectivity index (χ3n) is 5.06. The number of rotatable bonds is 6. The molecular formula is C21H25ClN2O4. The Balaban J connectivity index is 2.03. The van der Waals surface area contributed by atoms with E-state index in [1.807, 2.05) is 0 Å². The SMILES string of the molecule is COc1cc(OC)c(C(=O)c2cccc(Cl)c2)c(O)c1CN1CCN(C)CC1. The number of phenols is 1. The van der Waals surface area contributed by atoms with Crippen molar-refractivity contribution in [2.24, 2.45) is 0 Å². The van der Waals surface area contributed by atoms with E-state index in [1.165, 1.54) is 7.11 Å². The summed E-state index contributed by atoms with van der Waals surface area (Å²) in [4.78, 5) is 17.6. The van der Waals surface area contributed by atoms with E-state index in [0.29, 0.717) is 28.4 Å². The number of piperazine rings is 1. The molecule has 1 fully saturated rings. The van der Waals surface area contributed by atoms with Gasteiger partial charge in [0.05, 0.1) is 19.8 Å². The molecule has 0 aromatic heterocycles. The summed E-state index contributed by atoms with van der Waals surface area (Å²) >= 11 is 6.03. The quantitative estimate of drug-likeness (QED) is 0.747. The fourth-order valence-electron chi connectivity index (χ4n) is 3.38. The van der Waals surface area contributed by atoms with E-state index in [-0.39, 0.29) is 22.8 Å². The molecule has 0 saturated carbocycles. The second kappa shape index (κ2) is 8.82. The van der Waals surface area contributed by atoms with E-state index in [9.17, 15) is 9.90 Å². The highest BCUT2D eigenvalue weighted by Crippen LogP contribution is 2.40. The lowest BCUT2D eigenvalue weighted by Crippen LogP contribution is -2.43. The van der Waals surface area contributed by atoms with E-state index in [0.717, 1.165) is 26.2 Å². The first kappa shape index (κ1) is 20.5. The summed E-state index contributed by atoms with van der Waals surface area (Å²) in [6.07, 6.45) is 0. The van der Waals surface area contributed by atoms with Crippen molar-refractivity contribution in [3.63, 3.8) is 0 Å². The molecule has 6 nitrogen and oxygen atoms in total.